The molecule has 2 N–H and O–H groups in total. The second-order valence-electron chi connectivity index (χ2n) is 6.66. The zero-order valence-corrected chi connectivity index (χ0v) is 16.1. The summed E-state index contributed by atoms with van der Waals surface area (Å²) in [5, 5.41) is 5.48. The van der Waals surface area contributed by atoms with Gasteiger partial charge in [0, 0.05) is 16.9 Å². The minimum absolute atomic E-state index is 0.0672. The summed E-state index contributed by atoms with van der Waals surface area (Å²) in [6, 6.07) is 19.0. The number of ether oxygens (including phenoxy) is 1. The molecular formula is C23H21FN2O3. The Morgan fingerprint density at radius 3 is 2.24 bits per heavy atom. The lowest BCUT2D eigenvalue weighted by Gasteiger charge is -2.14. The number of carbonyl (C=O) groups is 2. The van der Waals surface area contributed by atoms with Crippen molar-refractivity contribution in [3.8, 4) is 5.75 Å². The lowest BCUT2D eigenvalue weighted by Crippen LogP contribution is -2.16. The average Bonchev–Trinajstić information content (AvgIpc) is 2.70. The van der Waals surface area contributed by atoms with Crippen LogP contribution < -0.4 is 15.4 Å². The van der Waals surface area contributed by atoms with Gasteiger partial charge in [0.25, 0.3) is 11.8 Å². The van der Waals surface area contributed by atoms with E-state index in [4.69, 9.17) is 4.74 Å². The lowest BCUT2D eigenvalue weighted by atomic mass is 10.1. The fraction of sp³-hybridized carbons (Fsp3) is 0.130. The number of hydrogen-bond acceptors (Lipinski definition) is 3. The van der Waals surface area contributed by atoms with Crippen molar-refractivity contribution >= 4 is 23.2 Å². The lowest BCUT2D eigenvalue weighted by molar-refractivity contribution is 0.101. The van der Waals surface area contributed by atoms with Gasteiger partial charge in [-0.1, -0.05) is 18.2 Å². The molecular weight excluding hydrogens is 371 g/mol. The molecule has 0 aliphatic rings. The van der Waals surface area contributed by atoms with Gasteiger partial charge in [0.15, 0.2) is 0 Å². The van der Waals surface area contributed by atoms with Crippen LogP contribution in [0.4, 0.5) is 15.8 Å². The third-order valence-corrected chi connectivity index (χ3v) is 3.98. The summed E-state index contributed by atoms with van der Waals surface area (Å²) in [5.74, 6) is -0.590. The van der Waals surface area contributed by atoms with Crippen molar-refractivity contribution < 1.29 is 18.7 Å². The minimum atomic E-state index is -0.380. The molecule has 0 spiro atoms. The Kier molecular flexibility index (Phi) is 6.24. The van der Waals surface area contributed by atoms with E-state index < -0.39 is 0 Å². The van der Waals surface area contributed by atoms with E-state index >= 15 is 0 Å². The maximum atomic E-state index is 13.0. The van der Waals surface area contributed by atoms with Crippen LogP contribution in [-0.2, 0) is 0 Å². The molecule has 0 aliphatic carbocycles. The molecule has 0 saturated heterocycles. The van der Waals surface area contributed by atoms with Crippen LogP contribution >= 0.6 is 0 Å². The van der Waals surface area contributed by atoms with E-state index in [1.165, 1.54) is 24.3 Å². The molecule has 5 nitrogen and oxygen atoms in total. The molecule has 6 heteroatoms. The Morgan fingerprint density at radius 2 is 1.52 bits per heavy atom. The van der Waals surface area contributed by atoms with Gasteiger partial charge in [-0.2, -0.15) is 0 Å². The van der Waals surface area contributed by atoms with E-state index in [-0.39, 0.29) is 23.7 Å². The van der Waals surface area contributed by atoms with Crippen LogP contribution in [0.3, 0.4) is 0 Å². The van der Waals surface area contributed by atoms with E-state index in [2.05, 4.69) is 10.6 Å². The molecule has 0 heterocycles. The van der Waals surface area contributed by atoms with Gasteiger partial charge in [0.1, 0.15) is 11.6 Å². The molecule has 0 fully saturated rings. The zero-order valence-electron chi connectivity index (χ0n) is 16.1. The van der Waals surface area contributed by atoms with Gasteiger partial charge in [-0.3, -0.25) is 9.59 Å². The molecule has 3 aromatic rings. The van der Waals surface area contributed by atoms with E-state index in [9.17, 15) is 14.0 Å². The van der Waals surface area contributed by atoms with Crippen LogP contribution in [0.2, 0.25) is 0 Å². The number of rotatable bonds is 6. The van der Waals surface area contributed by atoms with Crippen molar-refractivity contribution in [2.24, 2.45) is 0 Å². The van der Waals surface area contributed by atoms with Crippen molar-refractivity contribution in [1.82, 2.24) is 0 Å². The number of nitrogens with one attached hydrogen (secondary N) is 2. The third-order valence-electron chi connectivity index (χ3n) is 3.98. The zero-order chi connectivity index (χ0) is 20.8. The molecule has 0 aliphatic heterocycles. The van der Waals surface area contributed by atoms with Gasteiger partial charge in [-0.05, 0) is 68.4 Å². The maximum Gasteiger partial charge on any atom is 0.259 e. The van der Waals surface area contributed by atoms with E-state index in [0.717, 1.165) is 0 Å². The van der Waals surface area contributed by atoms with Crippen molar-refractivity contribution in [3.05, 3.63) is 89.7 Å². The van der Waals surface area contributed by atoms with E-state index in [1.54, 1.807) is 48.5 Å². The van der Waals surface area contributed by atoms with Crippen LogP contribution in [0.25, 0.3) is 0 Å². The molecule has 3 rings (SSSR count). The fourth-order valence-electron chi connectivity index (χ4n) is 2.68. The Balaban J connectivity index is 1.74. The largest absolute Gasteiger partial charge is 0.490 e. The first-order valence-electron chi connectivity index (χ1n) is 9.16. The molecule has 0 saturated carbocycles. The molecule has 3 aromatic carbocycles. The Labute approximate surface area is 168 Å². The number of benzene rings is 3. The van der Waals surface area contributed by atoms with E-state index in [1.807, 2.05) is 13.8 Å². The van der Waals surface area contributed by atoms with Gasteiger partial charge < -0.3 is 15.4 Å². The number of carbonyl (C=O) groups excluding carboxylic acids is 2. The summed E-state index contributed by atoms with van der Waals surface area (Å²) in [7, 11) is 0. The molecule has 148 valence electrons. The SMILES string of the molecule is CC(C)Oc1ccccc1C(=O)Nc1cccc(C(=O)Nc2ccc(F)cc2)c1. The highest BCUT2D eigenvalue weighted by atomic mass is 19.1. The highest BCUT2D eigenvalue weighted by molar-refractivity contribution is 6.08. The summed E-state index contributed by atoms with van der Waals surface area (Å²) >= 11 is 0. The third kappa shape index (κ3) is 5.42. The minimum Gasteiger partial charge on any atom is -0.490 e. The molecule has 0 radical (unpaired) electrons. The second kappa shape index (κ2) is 9.01. The standard InChI is InChI=1S/C23H21FN2O3/c1-15(2)29-21-9-4-3-8-20(21)23(28)26-19-7-5-6-16(14-19)22(27)25-18-12-10-17(24)11-13-18/h3-15H,1-2H3,(H,25,27)(H,26,28). The summed E-state index contributed by atoms with van der Waals surface area (Å²) in [5.41, 5.74) is 1.72. The van der Waals surface area contributed by atoms with E-state index in [0.29, 0.717) is 28.3 Å². The predicted molar refractivity (Wildman–Crippen MR) is 111 cm³/mol. The first-order valence-corrected chi connectivity index (χ1v) is 9.16. The van der Waals surface area contributed by atoms with Gasteiger partial charge in [0.2, 0.25) is 0 Å². The van der Waals surface area contributed by atoms with Crippen LogP contribution in [0, 0.1) is 5.82 Å². The van der Waals surface area contributed by atoms with Gasteiger partial charge in [-0.25, -0.2) is 4.39 Å². The molecule has 0 aromatic heterocycles. The summed E-state index contributed by atoms with van der Waals surface area (Å²) < 4.78 is 18.7. The first-order chi connectivity index (χ1) is 13.9. The smallest absolute Gasteiger partial charge is 0.259 e. The van der Waals surface area contributed by atoms with Gasteiger partial charge >= 0.3 is 0 Å². The molecule has 0 unspecified atom stereocenters. The molecule has 2 amide bonds. The number of hydrogen-bond donors (Lipinski definition) is 2. The summed E-state index contributed by atoms with van der Waals surface area (Å²) in [6.45, 7) is 3.77. The molecule has 0 atom stereocenters. The number of anilines is 2. The van der Waals surface area contributed by atoms with Crippen LogP contribution in [0.5, 0.6) is 5.75 Å². The summed E-state index contributed by atoms with van der Waals surface area (Å²) in [4.78, 5) is 25.1. The normalized spacial score (nSPS) is 10.5. The molecule has 29 heavy (non-hydrogen) atoms. The van der Waals surface area contributed by atoms with Crippen molar-refractivity contribution in [2.45, 2.75) is 20.0 Å². The maximum absolute atomic E-state index is 13.0. The monoisotopic (exact) mass is 392 g/mol. The predicted octanol–water partition coefficient (Wildman–Crippen LogP) is 5.12. The van der Waals surface area contributed by atoms with Crippen LogP contribution in [0.15, 0.2) is 72.8 Å². The number of para-hydroxylation sites is 1. The second-order valence-corrected chi connectivity index (χ2v) is 6.66. The van der Waals surface area contributed by atoms with Crippen molar-refractivity contribution in [1.29, 1.82) is 0 Å². The van der Waals surface area contributed by atoms with Crippen LogP contribution in [0.1, 0.15) is 34.6 Å². The van der Waals surface area contributed by atoms with Crippen molar-refractivity contribution in [3.63, 3.8) is 0 Å². The van der Waals surface area contributed by atoms with Crippen molar-refractivity contribution in [2.75, 3.05) is 10.6 Å². The Bertz CT molecular complexity index is 1020. The number of halogens is 1. The van der Waals surface area contributed by atoms with Gasteiger partial charge in [0.05, 0.1) is 11.7 Å². The number of amides is 2. The average molecular weight is 392 g/mol. The quantitative estimate of drug-likeness (QED) is 0.612. The highest BCUT2D eigenvalue weighted by Crippen LogP contribution is 2.21. The Hall–Kier alpha value is -3.67. The first kappa shape index (κ1) is 20.1. The summed E-state index contributed by atoms with van der Waals surface area (Å²) in [6.07, 6.45) is -0.0672. The molecule has 0 bridgehead atoms. The van der Waals surface area contributed by atoms with Crippen LogP contribution in [-0.4, -0.2) is 17.9 Å². The topological polar surface area (TPSA) is 67.4 Å². The Morgan fingerprint density at radius 1 is 0.828 bits per heavy atom. The highest BCUT2D eigenvalue weighted by Gasteiger charge is 2.14. The fourth-order valence-corrected chi connectivity index (χ4v) is 2.68. The van der Waals surface area contributed by atoms with Gasteiger partial charge in [-0.15, -0.1) is 0 Å².